The summed E-state index contributed by atoms with van der Waals surface area (Å²) in [6.45, 7) is 2.65. The molecule has 2 aromatic carbocycles. The highest BCUT2D eigenvalue weighted by molar-refractivity contribution is 8.13. The Hall–Kier alpha value is -2.60. The standard InChI is InChI=1S/C21H21FN2O2S/c1-3-12-24-20(25)19(13-15-6-10-18(26-2)11-7-15)23-21(24)27-14-16-4-8-17(22)9-5-16/h4-11,13H,3,12,14H2,1-2H3/b19-13+. The summed E-state index contributed by atoms with van der Waals surface area (Å²) in [5, 5.41) is 0.686. The maximum absolute atomic E-state index is 13.0. The van der Waals surface area contributed by atoms with Gasteiger partial charge in [0, 0.05) is 12.3 Å². The van der Waals surface area contributed by atoms with E-state index in [-0.39, 0.29) is 11.7 Å². The summed E-state index contributed by atoms with van der Waals surface area (Å²) in [4.78, 5) is 19.0. The molecule has 2 aromatic rings. The predicted octanol–water partition coefficient (Wildman–Crippen LogP) is 4.72. The number of methoxy groups -OCH3 is 1. The van der Waals surface area contributed by atoms with Crippen LogP contribution >= 0.6 is 11.8 Å². The maximum Gasteiger partial charge on any atom is 0.278 e. The van der Waals surface area contributed by atoms with Crippen LogP contribution < -0.4 is 4.74 Å². The molecule has 0 radical (unpaired) electrons. The number of carbonyl (C=O) groups is 1. The molecule has 0 atom stereocenters. The van der Waals surface area contributed by atoms with Gasteiger partial charge < -0.3 is 4.74 Å². The van der Waals surface area contributed by atoms with Crippen LogP contribution in [0.2, 0.25) is 0 Å². The SMILES string of the molecule is CCCN1C(=O)/C(=C\c2ccc(OC)cc2)N=C1SCc1ccc(F)cc1. The molecular weight excluding hydrogens is 363 g/mol. The van der Waals surface area contributed by atoms with Crippen molar-refractivity contribution in [3.63, 3.8) is 0 Å². The van der Waals surface area contributed by atoms with Crippen LogP contribution in [-0.4, -0.2) is 29.6 Å². The van der Waals surface area contributed by atoms with Crippen molar-refractivity contribution < 1.29 is 13.9 Å². The van der Waals surface area contributed by atoms with Gasteiger partial charge in [-0.3, -0.25) is 9.69 Å². The Kier molecular flexibility index (Phi) is 6.29. The van der Waals surface area contributed by atoms with Crippen LogP contribution in [0.25, 0.3) is 6.08 Å². The minimum atomic E-state index is -0.255. The van der Waals surface area contributed by atoms with Crippen molar-refractivity contribution in [3.8, 4) is 5.75 Å². The molecule has 0 aliphatic carbocycles. The average Bonchev–Trinajstić information content (AvgIpc) is 2.97. The maximum atomic E-state index is 13.0. The van der Waals surface area contributed by atoms with Gasteiger partial charge in [0.15, 0.2) is 5.17 Å². The van der Waals surface area contributed by atoms with E-state index in [1.165, 1.54) is 23.9 Å². The van der Waals surface area contributed by atoms with Crippen molar-refractivity contribution in [2.45, 2.75) is 19.1 Å². The Morgan fingerprint density at radius 1 is 1.15 bits per heavy atom. The lowest BCUT2D eigenvalue weighted by Gasteiger charge is -2.16. The zero-order valence-corrected chi connectivity index (χ0v) is 16.1. The number of amidine groups is 1. The van der Waals surface area contributed by atoms with Crippen molar-refractivity contribution >= 4 is 28.9 Å². The minimum absolute atomic E-state index is 0.0886. The summed E-state index contributed by atoms with van der Waals surface area (Å²) in [5.74, 6) is 1.05. The first kappa shape index (κ1) is 19.2. The number of benzene rings is 2. The van der Waals surface area contributed by atoms with Gasteiger partial charge in [0.1, 0.15) is 17.3 Å². The molecule has 1 heterocycles. The molecule has 0 spiro atoms. The van der Waals surface area contributed by atoms with Gasteiger partial charge in [-0.2, -0.15) is 0 Å². The molecule has 0 unspecified atom stereocenters. The van der Waals surface area contributed by atoms with Crippen molar-refractivity contribution in [1.82, 2.24) is 4.90 Å². The molecule has 0 N–H and O–H groups in total. The topological polar surface area (TPSA) is 41.9 Å². The predicted molar refractivity (Wildman–Crippen MR) is 108 cm³/mol. The van der Waals surface area contributed by atoms with Gasteiger partial charge in [-0.05, 0) is 47.9 Å². The van der Waals surface area contributed by atoms with E-state index < -0.39 is 0 Å². The highest BCUT2D eigenvalue weighted by Gasteiger charge is 2.29. The zero-order valence-electron chi connectivity index (χ0n) is 15.3. The lowest BCUT2D eigenvalue weighted by atomic mass is 10.2. The van der Waals surface area contributed by atoms with Crippen molar-refractivity contribution in [2.75, 3.05) is 13.7 Å². The van der Waals surface area contributed by atoms with Gasteiger partial charge in [0.05, 0.1) is 7.11 Å². The molecule has 0 saturated carbocycles. The number of nitrogens with zero attached hydrogens (tertiary/aromatic N) is 2. The van der Waals surface area contributed by atoms with Crippen LogP contribution in [0.5, 0.6) is 5.75 Å². The highest BCUT2D eigenvalue weighted by Crippen LogP contribution is 2.27. The van der Waals surface area contributed by atoms with E-state index >= 15 is 0 Å². The molecule has 140 valence electrons. The highest BCUT2D eigenvalue weighted by atomic mass is 32.2. The Labute approximate surface area is 162 Å². The fraction of sp³-hybridized carbons (Fsp3) is 0.238. The lowest BCUT2D eigenvalue weighted by Crippen LogP contribution is -2.31. The third-order valence-corrected chi connectivity index (χ3v) is 5.11. The van der Waals surface area contributed by atoms with Crippen molar-refractivity contribution in [2.24, 2.45) is 4.99 Å². The molecule has 3 rings (SSSR count). The minimum Gasteiger partial charge on any atom is -0.497 e. The quantitative estimate of drug-likeness (QED) is 0.677. The van der Waals surface area contributed by atoms with Gasteiger partial charge in [-0.25, -0.2) is 9.38 Å². The van der Waals surface area contributed by atoms with Gasteiger partial charge in [0.25, 0.3) is 5.91 Å². The second-order valence-electron chi connectivity index (χ2n) is 6.07. The van der Waals surface area contributed by atoms with E-state index in [1.807, 2.05) is 31.2 Å². The Balaban J connectivity index is 1.78. The number of rotatable bonds is 6. The van der Waals surface area contributed by atoms with Gasteiger partial charge in [-0.15, -0.1) is 0 Å². The van der Waals surface area contributed by atoms with E-state index in [1.54, 1.807) is 30.2 Å². The Bertz CT molecular complexity index is 861. The monoisotopic (exact) mass is 384 g/mol. The summed E-state index contributed by atoms with van der Waals surface area (Å²) in [6, 6.07) is 13.9. The first-order chi connectivity index (χ1) is 13.1. The fourth-order valence-corrected chi connectivity index (χ4v) is 3.63. The molecule has 4 nitrogen and oxygen atoms in total. The summed E-state index contributed by atoms with van der Waals surface area (Å²) < 4.78 is 18.2. The summed E-state index contributed by atoms with van der Waals surface area (Å²) in [7, 11) is 1.62. The summed E-state index contributed by atoms with van der Waals surface area (Å²) in [6.07, 6.45) is 2.63. The number of thioether (sulfide) groups is 1. The molecule has 0 fully saturated rings. The Morgan fingerprint density at radius 2 is 1.85 bits per heavy atom. The molecular formula is C21H21FN2O2S. The van der Waals surface area contributed by atoms with E-state index in [0.29, 0.717) is 23.2 Å². The number of aliphatic imine (C=N–C) groups is 1. The number of ether oxygens (including phenoxy) is 1. The lowest BCUT2D eigenvalue weighted by molar-refractivity contribution is -0.122. The molecule has 6 heteroatoms. The van der Waals surface area contributed by atoms with E-state index in [4.69, 9.17) is 4.74 Å². The second kappa shape index (κ2) is 8.86. The zero-order chi connectivity index (χ0) is 19.2. The van der Waals surface area contributed by atoms with Crippen LogP contribution in [0, 0.1) is 5.82 Å². The van der Waals surface area contributed by atoms with Crippen LogP contribution in [0.15, 0.2) is 59.2 Å². The second-order valence-corrected chi connectivity index (χ2v) is 7.01. The average molecular weight is 384 g/mol. The van der Waals surface area contributed by atoms with E-state index in [0.717, 1.165) is 23.3 Å². The largest absolute Gasteiger partial charge is 0.497 e. The number of halogens is 1. The van der Waals surface area contributed by atoms with Crippen LogP contribution in [0.3, 0.4) is 0 Å². The number of carbonyl (C=O) groups excluding carboxylic acids is 1. The first-order valence-corrected chi connectivity index (χ1v) is 9.73. The molecule has 1 amide bonds. The van der Waals surface area contributed by atoms with E-state index in [9.17, 15) is 9.18 Å². The first-order valence-electron chi connectivity index (χ1n) is 8.74. The third kappa shape index (κ3) is 4.77. The molecule has 0 aromatic heterocycles. The summed E-state index contributed by atoms with van der Waals surface area (Å²) in [5.41, 5.74) is 2.31. The van der Waals surface area contributed by atoms with Gasteiger partial charge in [-0.1, -0.05) is 43.0 Å². The molecule has 1 aliphatic heterocycles. The molecule has 0 bridgehead atoms. The van der Waals surface area contributed by atoms with Crippen molar-refractivity contribution in [1.29, 1.82) is 0 Å². The number of hydrogen-bond acceptors (Lipinski definition) is 4. The fourth-order valence-electron chi connectivity index (χ4n) is 2.65. The van der Waals surface area contributed by atoms with Crippen LogP contribution in [0.4, 0.5) is 4.39 Å². The third-order valence-electron chi connectivity index (χ3n) is 4.06. The number of hydrogen-bond donors (Lipinski definition) is 0. The van der Waals surface area contributed by atoms with Gasteiger partial charge >= 0.3 is 0 Å². The molecule has 27 heavy (non-hydrogen) atoms. The van der Waals surface area contributed by atoms with Crippen LogP contribution in [-0.2, 0) is 10.5 Å². The normalized spacial score (nSPS) is 15.4. The van der Waals surface area contributed by atoms with E-state index in [2.05, 4.69) is 4.99 Å². The van der Waals surface area contributed by atoms with Gasteiger partial charge in [0.2, 0.25) is 0 Å². The smallest absolute Gasteiger partial charge is 0.278 e. The molecule has 0 saturated heterocycles. The summed E-state index contributed by atoms with van der Waals surface area (Å²) >= 11 is 1.49. The van der Waals surface area contributed by atoms with Crippen molar-refractivity contribution in [3.05, 3.63) is 71.2 Å². The molecule has 1 aliphatic rings. The number of amides is 1. The van der Waals surface area contributed by atoms with Crippen LogP contribution in [0.1, 0.15) is 24.5 Å². The Morgan fingerprint density at radius 3 is 2.48 bits per heavy atom.